The Morgan fingerprint density at radius 1 is 1.39 bits per heavy atom. The molecular formula is C12H17NO4S. The monoisotopic (exact) mass is 271 g/mol. The van der Waals surface area contributed by atoms with Crippen molar-refractivity contribution in [2.24, 2.45) is 0 Å². The Kier molecular flexibility index (Phi) is 4.72. The number of rotatable bonds is 5. The van der Waals surface area contributed by atoms with Gasteiger partial charge in [-0.1, -0.05) is 13.0 Å². The zero-order valence-electron chi connectivity index (χ0n) is 10.4. The van der Waals surface area contributed by atoms with Gasteiger partial charge in [0.25, 0.3) is 5.91 Å². The number of phenolic OH excluding ortho intramolecular Hbond substituents is 1. The lowest BCUT2D eigenvalue weighted by molar-refractivity contribution is 0.0955. The van der Waals surface area contributed by atoms with Crippen molar-refractivity contribution in [3.05, 3.63) is 29.3 Å². The lowest BCUT2D eigenvalue weighted by atomic mass is 10.1. The van der Waals surface area contributed by atoms with Crippen LogP contribution in [0.4, 0.5) is 0 Å². The number of amides is 1. The van der Waals surface area contributed by atoms with E-state index in [1.165, 1.54) is 6.07 Å². The Labute approximate surface area is 107 Å². The molecule has 2 N–H and O–H groups in total. The van der Waals surface area contributed by atoms with Crippen molar-refractivity contribution in [1.29, 1.82) is 0 Å². The van der Waals surface area contributed by atoms with Crippen LogP contribution < -0.4 is 5.32 Å². The second kappa shape index (κ2) is 5.86. The van der Waals surface area contributed by atoms with Crippen LogP contribution in [0.25, 0.3) is 0 Å². The van der Waals surface area contributed by atoms with Gasteiger partial charge in [-0.05, 0) is 24.6 Å². The molecular weight excluding hydrogens is 254 g/mol. The first-order chi connectivity index (χ1) is 8.35. The van der Waals surface area contributed by atoms with Gasteiger partial charge >= 0.3 is 0 Å². The van der Waals surface area contributed by atoms with Gasteiger partial charge in [-0.25, -0.2) is 8.42 Å². The fourth-order valence-electron chi connectivity index (χ4n) is 1.32. The Hall–Kier alpha value is -1.56. The lowest BCUT2D eigenvalue weighted by Crippen LogP contribution is -2.29. The fourth-order valence-corrected chi connectivity index (χ4v) is 2.02. The van der Waals surface area contributed by atoms with Gasteiger partial charge in [0.1, 0.15) is 5.75 Å². The zero-order chi connectivity index (χ0) is 13.8. The highest BCUT2D eigenvalue weighted by atomic mass is 32.2. The van der Waals surface area contributed by atoms with Crippen molar-refractivity contribution in [3.8, 4) is 5.75 Å². The third kappa shape index (κ3) is 4.03. The van der Waals surface area contributed by atoms with Crippen LogP contribution in [0, 0.1) is 6.92 Å². The molecule has 0 aliphatic carbocycles. The summed E-state index contributed by atoms with van der Waals surface area (Å²) in [6, 6.07) is 4.57. The molecule has 0 fully saturated rings. The standard InChI is InChI=1S/C12H17NO4S/c1-3-18(16,17)7-6-13-12(15)10-5-4-9(2)11(14)8-10/h4-5,8,14H,3,6-7H2,1-2H3,(H,13,15). The Balaban J connectivity index is 2.58. The maximum absolute atomic E-state index is 11.7. The molecule has 1 aromatic carbocycles. The smallest absolute Gasteiger partial charge is 0.251 e. The minimum Gasteiger partial charge on any atom is -0.508 e. The summed E-state index contributed by atoms with van der Waals surface area (Å²) in [5.74, 6) is -0.359. The SMILES string of the molecule is CCS(=O)(=O)CCNC(=O)c1ccc(C)c(O)c1. The van der Waals surface area contributed by atoms with Crippen LogP contribution in [0.1, 0.15) is 22.8 Å². The molecule has 0 unspecified atom stereocenters. The third-order valence-corrected chi connectivity index (χ3v) is 4.32. The molecule has 6 heteroatoms. The number of aromatic hydroxyl groups is 1. The van der Waals surface area contributed by atoms with Crippen LogP contribution in [0.3, 0.4) is 0 Å². The van der Waals surface area contributed by atoms with Gasteiger partial charge in [0, 0.05) is 17.9 Å². The highest BCUT2D eigenvalue weighted by Crippen LogP contribution is 2.17. The number of carbonyl (C=O) groups excluding carboxylic acids is 1. The molecule has 100 valence electrons. The third-order valence-electron chi connectivity index (χ3n) is 2.61. The first kappa shape index (κ1) is 14.5. The van der Waals surface area contributed by atoms with E-state index >= 15 is 0 Å². The Morgan fingerprint density at radius 3 is 2.61 bits per heavy atom. The van der Waals surface area contributed by atoms with Crippen molar-refractivity contribution >= 4 is 15.7 Å². The van der Waals surface area contributed by atoms with E-state index in [2.05, 4.69) is 5.32 Å². The molecule has 0 aliphatic heterocycles. The van der Waals surface area contributed by atoms with Gasteiger partial charge in [0.15, 0.2) is 9.84 Å². The molecule has 0 aliphatic rings. The van der Waals surface area contributed by atoms with E-state index in [1.807, 2.05) is 0 Å². The molecule has 5 nitrogen and oxygen atoms in total. The summed E-state index contributed by atoms with van der Waals surface area (Å²) in [6.45, 7) is 3.36. The molecule has 18 heavy (non-hydrogen) atoms. The van der Waals surface area contributed by atoms with Crippen LogP contribution in [-0.2, 0) is 9.84 Å². The van der Waals surface area contributed by atoms with Gasteiger partial charge in [-0.3, -0.25) is 4.79 Å². The largest absolute Gasteiger partial charge is 0.508 e. The topological polar surface area (TPSA) is 83.5 Å². The first-order valence-electron chi connectivity index (χ1n) is 5.64. The van der Waals surface area contributed by atoms with Crippen LogP contribution in [0.2, 0.25) is 0 Å². The van der Waals surface area contributed by atoms with Crippen LogP contribution >= 0.6 is 0 Å². The summed E-state index contributed by atoms with van der Waals surface area (Å²) in [7, 11) is -3.08. The first-order valence-corrected chi connectivity index (χ1v) is 7.46. The molecule has 0 bridgehead atoms. The average Bonchev–Trinajstić information content (AvgIpc) is 2.32. The minimum atomic E-state index is -3.08. The van der Waals surface area contributed by atoms with E-state index in [-0.39, 0.29) is 23.8 Å². The predicted octanol–water partition coefficient (Wildman–Crippen LogP) is 0.865. The summed E-state index contributed by atoms with van der Waals surface area (Å²) in [5, 5.41) is 12.0. The number of aryl methyl sites for hydroxylation is 1. The number of hydrogen-bond acceptors (Lipinski definition) is 4. The number of sulfone groups is 1. The van der Waals surface area contributed by atoms with Gasteiger partial charge in [-0.15, -0.1) is 0 Å². The van der Waals surface area contributed by atoms with Crippen molar-refractivity contribution in [2.75, 3.05) is 18.1 Å². The lowest BCUT2D eigenvalue weighted by Gasteiger charge is -2.06. The number of hydrogen-bond donors (Lipinski definition) is 2. The fraction of sp³-hybridized carbons (Fsp3) is 0.417. The van der Waals surface area contributed by atoms with Crippen molar-refractivity contribution in [1.82, 2.24) is 5.32 Å². The quantitative estimate of drug-likeness (QED) is 0.832. The molecule has 0 saturated carbocycles. The van der Waals surface area contributed by atoms with Crippen LogP contribution in [0.15, 0.2) is 18.2 Å². The summed E-state index contributed by atoms with van der Waals surface area (Å²) in [6.07, 6.45) is 0. The maximum atomic E-state index is 11.7. The van der Waals surface area contributed by atoms with Crippen molar-refractivity contribution in [2.45, 2.75) is 13.8 Å². The average molecular weight is 271 g/mol. The van der Waals surface area contributed by atoms with Gasteiger partial charge in [0.2, 0.25) is 0 Å². The van der Waals surface area contributed by atoms with E-state index in [0.29, 0.717) is 11.1 Å². The molecule has 1 rings (SSSR count). The number of carbonyl (C=O) groups is 1. The van der Waals surface area contributed by atoms with E-state index in [0.717, 1.165) is 0 Å². The Bertz CT molecular complexity index is 537. The van der Waals surface area contributed by atoms with Crippen molar-refractivity contribution < 1.29 is 18.3 Å². The van der Waals surface area contributed by atoms with E-state index < -0.39 is 15.7 Å². The summed E-state index contributed by atoms with van der Waals surface area (Å²) in [5.41, 5.74) is 0.993. The maximum Gasteiger partial charge on any atom is 0.251 e. The van der Waals surface area contributed by atoms with Crippen LogP contribution in [0.5, 0.6) is 5.75 Å². The van der Waals surface area contributed by atoms with E-state index in [1.54, 1.807) is 26.0 Å². The predicted molar refractivity (Wildman–Crippen MR) is 69.5 cm³/mol. The van der Waals surface area contributed by atoms with Gasteiger partial charge in [0.05, 0.1) is 5.75 Å². The minimum absolute atomic E-state index is 0.0452. The summed E-state index contributed by atoms with van der Waals surface area (Å²) in [4.78, 5) is 11.7. The summed E-state index contributed by atoms with van der Waals surface area (Å²) < 4.78 is 22.4. The molecule has 1 amide bonds. The highest BCUT2D eigenvalue weighted by molar-refractivity contribution is 7.91. The molecule has 0 aromatic heterocycles. The number of benzene rings is 1. The summed E-state index contributed by atoms with van der Waals surface area (Å²) >= 11 is 0. The molecule has 0 spiro atoms. The number of nitrogens with one attached hydrogen (secondary N) is 1. The molecule has 0 saturated heterocycles. The van der Waals surface area contributed by atoms with Gasteiger partial charge < -0.3 is 10.4 Å². The van der Waals surface area contributed by atoms with E-state index in [4.69, 9.17) is 0 Å². The number of phenols is 1. The molecule has 1 aromatic rings. The molecule has 0 heterocycles. The zero-order valence-corrected chi connectivity index (χ0v) is 11.3. The highest BCUT2D eigenvalue weighted by Gasteiger charge is 2.10. The second-order valence-corrected chi connectivity index (χ2v) is 6.47. The molecule has 0 atom stereocenters. The Morgan fingerprint density at radius 2 is 2.06 bits per heavy atom. The van der Waals surface area contributed by atoms with Gasteiger partial charge in [-0.2, -0.15) is 0 Å². The van der Waals surface area contributed by atoms with E-state index in [9.17, 15) is 18.3 Å². The van der Waals surface area contributed by atoms with Crippen molar-refractivity contribution in [3.63, 3.8) is 0 Å². The molecule has 0 radical (unpaired) electrons. The normalized spacial score (nSPS) is 11.2. The van der Waals surface area contributed by atoms with Crippen LogP contribution in [-0.4, -0.2) is 37.5 Å². The second-order valence-electron chi connectivity index (χ2n) is 3.99.